The molecule has 2 N–H and O–H groups in total. The molecular formula is C12H20O3. The first-order valence-electron chi connectivity index (χ1n) is 5.83. The number of hydrogen-bond acceptors (Lipinski definition) is 2. The summed E-state index contributed by atoms with van der Waals surface area (Å²) >= 11 is 0. The Kier molecular flexibility index (Phi) is 2.53. The molecule has 0 saturated heterocycles. The van der Waals surface area contributed by atoms with Gasteiger partial charge in [0.1, 0.15) is 0 Å². The Hall–Kier alpha value is -0.570. The zero-order valence-electron chi connectivity index (χ0n) is 9.44. The van der Waals surface area contributed by atoms with Gasteiger partial charge in [0, 0.05) is 5.41 Å². The smallest absolute Gasteiger partial charge is 0.333 e. The number of rotatable bonds is 3. The van der Waals surface area contributed by atoms with Gasteiger partial charge in [0.05, 0.1) is 0 Å². The highest BCUT2D eigenvalue weighted by Gasteiger charge is 2.50. The van der Waals surface area contributed by atoms with Crippen LogP contribution in [0.2, 0.25) is 0 Å². The van der Waals surface area contributed by atoms with Crippen molar-refractivity contribution in [3.8, 4) is 0 Å². The molecule has 2 saturated carbocycles. The first kappa shape index (κ1) is 10.9. The number of aliphatic carboxylic acids is 1. The molecule has 0 aliphatic heterocycles. The molecule has 0 aromatic rings. The van der Waals surface area contributed by atoms with E-state index in [9.17, 15) is 9.90 Å². The molecule has 2 fully saturated rings. The average Bonchev–Trinajstić information content (AvgIpc) is 2.77. The van der Waals surface area contributed by atoms with Crippen molar-refractivity contribution in [1.29, 1.82) is 0 Å². The third kappa shape index (κ3) is 1.67. The fourth-order valence-corrected chi connectivity index (χ4v) is 3.68. The van der Waals surface area contributed by atoms with E-state index in [1.54, 1.807) is 0 Å². The summed E-state index contributed by atoms with van der Waals surface area (Å²) in [6.07, 6.45) is 3.68. The van der Waals surface area contributed by atoms with Crippen LogP contribution in [0.15, 0.2) is 0 Å². The van der Waals surface area contributed by atoms with Crippen molar-refractivity contribution in [2.24, 2.45) is 23.2 Å². The number of aliphatic hydroxyl groups excluding tert-OH is 1. The topological polar surface area (TPSA) is 57.5 Å². The average molecular weight is 212 g/mol. The number of carboxylic acid groups (broad SMARTS) is 1. The highest BCUT2D eigenvalue weighted by atomic mass is 16.4. The van der Waals surface area contributed by atoms with Gasteiger partial charge < -0.3 is 10.2 Å². The Balaban J connectivity index is 2.12. The predicted molar refractivity (Wildman–Crippen MR) is 56.4 cm³/mol. The lowest BCUT2D eigenvalue weighted by atomic mass is 9.67. The second-order valence-corrected chi connectivity index (χ2v) is 5.84. The van der Waals surface area contributed by atoms with Crippen LogP contribution in [0, 0.1) is 23.2 Å². The Morgan fingerprint density at radius 3 is 2.40 bits per heavy atom. The van der Waals surface area contributed by atoms with Gasteiger partial charge in [-0.15, -0.1) is 0 Å². The number of aliphatic hydroxyl groups is 1. The first-order valence-corrected chi connectivity index (χ1v) is 5.83. The van der Waals surface area contributed by atoms with Gasteiger partial charge in [0.15, 0.2) is 6.10 Å². The largest absolute Gasteiger partial charge is 0.479 e. The van der Waals surface area contributed by atoms with E-state index in [0.717, 1.165) is 12.3 Å². The number of fused-ring (bicyclic) bond motifs is 2. The molecule has 3 heteroatoms. The quantitative estimate of drug-likeness (QED) is 0.751. The van der Waals surface area contributed by atoms with Crippen molar-refractivity contribution in [1.82, 2.24) is 0 Å². The fraction of sp³-hybridized carbons (Fsp3) is 0.917. The van der Waals surface area contributed by atoms with Crippen LogP contribution in [0.5, 0.6) is 0 Å². The van der Waals surface area contributed by atoms with Crippen molar-refractivity contribution in [2.75, 3.05) is 0 Å². The minimum Gasteiger partial charge on any atom is -0.479 e. The Morgan fingerprint density at radius 2 is 2.00 bits per heavy atom. The molecule has 0 aromatic carbocycles. The molecule has 0 aromatic heterocycles. The SMILES string of the molecule is CC(C)(C(O)C(=O)O)C1CC2CCC1C2. The van der Waals surface area contributed by atoms with Crippen LogP contribution in [0.1, 0.15) is 39.5 Å². The molecular weight excluding hydrogens is 192 g/mol. The van der Waals surface area contributed by atoms with Gasteiger partial charge in [0.25, 0.3) is 0 Å². The fourth-order valence-electron chi connectivity index (χ4n) is 3.68. The molecule has 0 spiro atoms. The standard InChI is InChI=1S/C12H20O3/c1-12(2,10(13)11(14)15)9-6-7-3-4-8(9)5-7/h7-10,13H,3-6H2,1-2H3,(H,14,15). The summed E-state index contributed by atoms with van der Waals surface area (Å²) in [4.78, 5) is 10.9. The van der Waals surface area contributed by atoms with Crippen LogP contribution in [0.3, 0.4) is 0 Å². The third-order valence-corrected chi connectivity index (χ3v) is 4.63. The lowest BCUT2D eigenvalue weighted by molar-refractivity contribution is -0.156. The van der Waals surface area contributed by atoms with Gasteiger partial charge in [-0.25, -0.2) is 4.79 Å². The summed E-state index contributed by atoms with van der Waals surface area (Å²) in [5.41, 5.74) is -0.480. The van der Waals surface area contributed by atoms with E-state index in [4.69, 9.17) is 5.11 Å². The maximum absolute atomic E-state index is 10.9. The second kappa shape index (κ2) is 3.48. The highest BCUT2D eigenvalue weighted by molar-refractivity contribution is 5.73. The molecule has 3 nitrogen and oxygen atoms in total. The highest BCUT2D eigenvalue weighted by Crippen LogP contribution is 2.55. The van der Waals surface area contributed by atoms with Crippen molar-refractivity contribution in [3.05, 3.63) is 0 Å². The van der Waals surface area contributed by atoms with E-state index in [-0.39, 0.29) is 0 Å². The van der Waals surface area contributed by atoms with Gasteiger partial charge in [0.2, 0.25) is 0 Å². The molecule has 4 atom stereocenters. The molecule has 4 unspecified atom stereocenters. The van der Waals surface area contributed by atoms with Crippen LogP contribution in [0.25, 0.3) is 0 Å². The first-order chi connectivity index (χ1) is 6.93. The maximum Gasteiger partial charge on any atom is 0.333 e. The Bertz CT molecular complexity index is 272. The Labute approximate surface area is 90.5 Å². The van der Waals surface area contributed by atoms with Crippen molar-refractivity contribution < 1.29 is 15.0 Å². The molecule has 86 valence electrons. The van der Waals surface area contributed by atoms with Gasteiger partial charge in [-0.1, -0.05) is 20.3 Å². The van der Waals surface area contributed by atoms with E-state index in [0.29, 0.717) is 11.8 Å². The maximum atomic E-state index is 10.9. The summed E-state index contributed by atoms with van der Waals surface area (Å²) in [6, 6.07) is 0. The molecule has 2 bridgehead atoms. The molecule has 2 rings (SSSR count). The number of hydrogen-bond donors (Lipinski definition) is 2. The monoisotopic (exact) mass is 212 g/mol. The van der Waals surface area contributed by atoms with Gasteiger partial charge >= 0.3 is 5.97 Å². The molecule has 0 amide bonds. The third-order valence-electron chi connectivity index (χ3n) is 4.63. The minimum absolute atomic E-state index is 0.391. The molecule has 2 aliphatic rings. The van der Waals surface area contributed by atoms with E-state index in [2.05, 4.69) is 0 Å². The summed E-state index contributed by atoms with van der Waals surface area (Å²) in [6.45, 7) is 3.80. The van der Waals surface area contributed by atoms with Gasteiger partial charge in [-0.05, 0) is 37.0 Å². The minimum atomic E-state index is -1.22. The molecule has 0 heterocycles. The second-order valence-electron chi connectivity index (χ2n) is 5.84. The van der Waals surface area contributed by atoms with E-state index in [1.807, 2.05) is 13.8 Å². The van der Waals surface area contributed by atoms with E-state index >= 15 is 0 Å². The number of carbonyl (C=O) groups is 1. The van der Waals surface area contributed by atoms with Crippen LogP contribution in [-0.4, -0.2) is 22.3 Å². The number of carboxylic acids is 1. The summed E-state index contributed by atoms with van der Waals surface area (Å²) < 4.78 is 0. The van der Waals surface area contributed by atoms with E-state index < -0.39 is 17.5 Å². The molecule has 0 radical (unpaired) electrons. The van der Waals surface area contributed by atoms with Gasteiger partial charge in [-0.3, -0.25) is 0 Å². The summed E-state index contributed by atoms with van der Waals surface area (Å²) in [5.74, 6) is 0.754. The normalized spacial score (nSPS) is 36.9. The summed E-state index contributed by atoms with van der Waals surface area (Å²) in [5, 5.41) is 18.6. The van der Waals surface area contributed by atoms with Crippen molar-refractivity contribution >= 4 is 5.97 Å². The van der Waals surface area contributed by atoms with Gasteiger partial charge in [-0.2, -0.15) is 0 Å². The van der Waals surface area contributed by atoms with Crippen LogP contribution < -0.4 is 0 Å². The van der Waals surface area contributed by atoms with Crippen LogP contribution in [0.4, 0.5) is 0 Å². The van der Waals surface area contributed by atoms with Crippen molar-refractivity contribution in [2.45, 2.75) is 45.6 Å². The van der Waals surface area contributed by atoms with E-state index in [1.165, 1.54) is 19.3 Å². The Morgan fingerprint density at radius 1 is 1.33 bits per heavy atom. The zero-order chi connectivity index (χ0) is 11.2. The molecule has 15 heavy (non-hydrogen) atoms. The van der Waals surface area contributed by atoms with Crippen LogP contribution >= 0.6 is 0 Å². The summed E-state index contributed by atoms with van der Waals surface area (Å²) in [7, 11) is 0. The molecule has 2 aliphatic carbocycles. The van der Waals surface area contributed by atoms with Crippen LogP contribution in [-0.2, 0) is 4.79 Å². The zero-order valence-corrected chi connectivity index (χ0v) is 9.44. The predicted octanol–water partition coefficient (Wildman–Crippen LogP) is 1.89. The lowest BCUT2D eigenvalue weighted by Gasteiger charge is -2.39. The lowest BCUT2D eigenvalue weighted by Crippen LogP contribution is -2.43. The van der Waals surface area contributed by atoms with Crippen molar-refractivity contribution in [3.63, 3.8) is 0 Å².